The predicted molar refractivity (Wildman–Crippen MR) is 111 cm³/mol. The first kappa shape index (κ1) is 20.2. The van der Waals surface area contributed by atoms with Gasteiger partial charge in [0.2, 0.25) is 0 Å². The molecule has 0 saturated carbocycles. The minimum Gasteiger partial charge on any atom is -0.370 e. The lowest BCUT2D eigenvalue weighted by atomic mass is 9.97. The number of allylic oxidation sites excluding steroid dienone is 1. The number of rotatable bonds is 4. The molecule has 1 aromatic rings. The molecule has 1 unspecified atom stereocenters. The van der Waals surface area contributed by atoms with Gasteiger partial charge < -0.3 is 15.0 Å². The topological polar surface area (TPSA) is 54.7 Å². The Morgan fingerprint density at radius 1 is 1.44 bits per heavy atom. The summed E-state index contributed by atoms with van der Waals surface area (Å²) < 4.78 is 7.74. The first-order valence-corrected chi connectivity index (χ1v) is 9.00. The summed E-state index contributed by atoms with van der Waals surface area (Å²) >= 11 is 0. The van der Waals surface area contributed by atoms with Crippen LogP contribution in [0.4, 0.5) is 0 Å². The molecule has 0 radical (unpaired) electrons. The van der Waals surface area contributed by atoms with E-state index in [9.17, 15) is 0 Å². The molecule has 1 N–H and O–H groups in total. The van der Waals surface area contributed by atoms with E-state index in [0.717, 1.165) is 37.6 Å². The van der Waals surface area contributed by atoms with Crippen LogP contribution in [0.15, 0.2) is 29.0 Å². The first-order chi connectivity index (χ1) is 11.8. The summed E-state index contributed by atoms with van der Waals surface area (Å²) in [5.74, 6) is 0.976. The number of ether oxygens (including phenoxy) is 1. The Bertz CT molecular complexity index is 598. The quantitative estimate of drug-likeness (QED) is 0.326. The van der Waals surface area contributed by atoms with Crippen molar-refractivity contribution in [3.05, 3.63) is 29.6 Å². The van der Waals surface area contributed by atoms with Gasteiger partial charge in [0.05, 0.1) is 19.3 Å². The Morgan fingerprint density at radius 2 is 2.32 bits per heavy atom. The third-order valence-corrected chi connectivity index (χ3v) is 4.79. The molecule has 0 amide bonds. The molecule has 1 aliphatic heterocycles. The summed E-state index contributed by atoms with van der Waals surface area (Å²) in [7, 11) is 3.79. The van der Waals surface area contributed by atoms with E-state index >= 15 is 0 Å². The molecule has 7 heteroatoms. The number of aliphatic imine (C=N–C) groups is 1. The predicted octanol–water partition coefficient (Wildman–Crippen LogP) is 2.88. The van der Waals surface area contributed by atoms with Gasteiger partial charge in [-0.15, -0.1) is 24.0 Å². The zero-order valence-electron chi connectivity index (χ0n) is 15.3. The Kier molecular flexibility index (Phi) is 8.21. The fraction of sp³-hybridized carbons (Fsp3) is 0.667. The molecule has 1 aliphatic carbocycles. The van der Waals surface area contributed by atoms with Gasteiger partial charge in [0, 0.05) is 38.9 Å². The van der Waals surface area contributed by atoms with Crippen molar-refractivity contribution in [3.63, 3.8) is 0 Å². The molecule has 2 aliphatic rings. The van der Waals surface area contributed by atoms with Gasteiger partial charge in [-0.1, -0.05) is 11.6 Å². The third-order valence-electron chi connectivity index (χ3n) is 4.79. The van der Waals surface area contributed by atoms with Gasteiger partial charge >= 0.3 is 0 Å². The fourth-order valence-electron chi connectivity index (χ4n) is 3.45. The van der Waals surface area contributed by atoms with Crippen molar-refractivity contribution in [1.29, 1.82) is 0 Å². The molecule has 2 heterocycles. The lowest BCUT2D eigenvalue weighted by molar-refractivity contribution is -0.00801. The number of aryl methyl sites for hydroxylation is 1. The Morgan fingerprint density at radius 3 is 3.00 bits per heavy atom. The van der Waals surface area contributed by atoms with Gasteiger partial charge in [0.25, 0.3) is 0 Å². The van der Waals surface area contributed by atoms with Crippen molar-refractivity contribution >= 4 is 29.9 Å². The molecule has 1 aromatic heterocycles. The van der Waals surface area contributed by atoms with Gasteiger partial charge in [-0.25, -0.2) is 0 Å². The highest BCUT2D eigenvalue weighted by Gasteiger charge is 2.25. The fourth-order valence-corrected chi connectivity index (χ4v) is 3.45. The lowest BCUT2D eigenvalue weighted by Gasteiger charge is -2.34. The van der Waals surface area contributed by atoms with Crippen molar-refractivity contribution in [2.45, 2.75) is 38.2 Å². The van der Waals surface area contributed by atoms with E-state index in [1.165, 1.54) is 25.7 Å². The molecule has 140 valence electrons. The maximum absolute atomic E-state index is 5.91. The summed E-state index contributed by atoms with van der Waals surface area (Å²) in [6, 6.07) is 0. The van der Waals surface area contributed by atoms with Gasteiger partial charge in [0.1, 0.15) is 6.10 Å². The summed E-state index contributed by atoms with van der Waals surface area (Å²) in [4.78, 5) is 6.75. The van der Waals surface area contributed by atoms with Crippen molar-refractivity contribution < 1.29 is 4.74 Å². The van der Waals surface area contributed by atoms with Crippen LogP contribution < -0.4 is 5.32 Å². The van der Waals surface area contributed by atoms with E-state index < -0.39 is 0 Å². The van der Waals surface area contributed by atoms with E-state index in [0.29, 0.717) is 6.61 Å². The van der Waals surface area contributed by atoms with Crippen LogP contribution in [0, 0.1) is 0 Å². The summed E-state index contributed by atoms with van der Waals surface area (Å²) in [5, 5.41) is 7.77. The lowest BCUT2D eigenvalue weighted by Crippen LogP contribution is -2.48. The highest BCUT2D eigenvalue weighted by molar-refractivity contribution is 14.0. The summed E-state index contributed by atoms with van der Waals surface area (Å²) in [6.45, 7) is 3.35. The second-order valence-corrected chi connectivity index (χ2v) is 6.58. The maximum atomic E-state index is 5.91. The SMILES string of the molecule is CN=C(NCCC1=CCCCC1)N1CCOC(c2cnn(C)c2)C1.I. The second kappa shape index (κ2) is 10.2. The minimum absolute atomic E-state index is 0. The number of guanidine groups is 1. The third kappa shape index (κ3) is 5.70. The highest BCUT2D eigenvalue weighted by atomic mass is 127. The molecule has 25 heavy (non-hydrogen) atoms. The molecule has 1 saturated heterocycles. The number of nitrogens with one attached hydrogen (secondary N) is 1. The molecule has 0 aromatic carbocycles. The van der Waals surface area contributed by atoms with Crippen LogP contribution in [0.3, 0.4) is 0 Å². The molecule has 1 fully saturated rings. The van der Waals surface area contributed by atoms with E-state index in [-0.39, 0.29) is 30.1 Å². The molecule has 0 bridgehead atoms. The standard InChI is InChI=1S/C18H29N5O.HI/c1-19-18(20-9-8-15-6-4-3-5-7-15)23-10-11-24-17(14-23)16-12-21-22(2)13-16;/h6,12-13,17H,3-5,7-11,14H2,1-2H3,(H,19,20);1H. The molecule has 6 nitrogen and oxygen atoms in total. The van der Waals surface area contributed by atoms with Crippen LogP contribution in [0.5, 0.6) is 0 Å². The molecule has 0 spiro atoms. The largest absolute Gasteiger partial charge is 0.370 e. The summed E-state index contributed by atoms with van der Waals surface area (Å²) in [5.41, 5.74) is 2.73. The van der Waals surface area contributed by atoms with E-state index in [1.54, 1.807) is 5.57 Å². The Labute approximate surface area is 167 Å². The summed E-state index contributed by atoms with van der Waals surface area (Å²) in [6.07, 6.45) is 12.7. The van der Waals surface area contributed by atoms with Crippen molar-refractivity contribution in [3.8, 4) is 0 Å². The monoisotopic (exact) mass is 459 g/mol. The zero-order chi connectivity index (χ0) is 16.8. The van der Waals surface area contributed by atoms with Crippen molar-refractivity contribution in [2.75, 3.05) is 33.3 Å². The minimum atomic E-state index is 0. The van der Waals surface area contributed by atoms with Crippen LogP contribution in [0.1, 0.15) is 43.8 Å². The first-order valence-electron chi connectivity index (χ1n) is 9.00. The molecular formula is C18H30IN5O. The average Bonchev–Trinajstić information content (AvgIpc) is 3.06. The number of hydrogen-bond donors (Lipinski definition) is 1. The Hall–Kier alpha value is -1.09. The average molecular weight is 459 g/mol. The van der Waals surface area contributed by atoms with Crippen LogP contribution in [-0.2, 0) is 11.8 Å². The van der Waals surface area contributed by atoms with Gasteiger partial charge in [-0.2, -0.15) is 5.10 Å². The van der Waals surface area contributed by atoms with Gasteiger partial charge in [-0.05, 0) is 32.1 Å². The highest BCUT2D eigenvalue weighted by Crippen LogP contribution is 2.22. The van der Waals surface area contributed by atoms with E-state index in [1.807, 2.05) is 31.2 Å². The normalized spacial score (nSPS) is 21.5. The zero-order valence-corrected chi connectivity index (χ0v) is 17.6. The van der Waals surface area contributed by atoms with E-state index in [2.05, 4.69) is 26.4 Å². The van der Waals surface area contributed by atoms with Gasteiger partial charge in [-0.3, -0.25) is 9.67 Å². The molecule has 3 rings (SSSR count). The number of hydrogen-bond acceptors (Lipinski definition) is 3. The maximum Gasteiger partial charge on any atom is 0.193 e. The Balaban J connectivity index is 0.00000225. The van der Waals surface area contributed by atoms with Crippen LogP contribution in [-0.4, -0.2) is 53.9 Å². The van der Waals surface area contributed by atoms with Gasteiger partial charge in [0.15, 0.2) is 5.96 Å². The number of halogens is 1. The van der Waals surface area contributed by atoms with Crippen LogP contribution >= 0.6 is 24.0 Å². The van der Waals surface area contributed by atoms with Crippen LogP contribution in [0.2, 0.25) is 0 Å². The van der Waals surface area contributed by atoms with Crippen molar-refractivity contribution in [2.24, 2.45) is 12.0 Å². The van der Waals surface area contributed by atoms with Crippen molar-refractivity contribution in [1.82, 2.24) is 20.0 Å². The number of morpholine rings is 1. The molecular weight excluding hydrogens is 429 g/mol. The number of nitrogens with zero attached hydrogens (tertiary/aromatic N) is 4. The van der Waals surface area contributed by atoms with E-state index in [4.69, 9.17) is 4.74 Å². The smallest absolute Gasteiger partial charge is 0.193 e. The molecule has 1 atom stereocenters. The number of aromatic nitrogens is 2. The second-order valence-electron chi connectivity index (χ2n) is 6.58. The van der Waals surface area contributed by atoms with Crippen LogP contribution in [0.25, 0.3) is 0 Å².